The molecule has 0 rings (SSSR count). The molecule has 59 valence electrons. The van der Waals surface area contributed by atoms with Gasteiger partial charge in [0.1, 0.15) is 0 Å². The van der Waals surface area contributed by atoms with E-state index >= 15 is 0 Å². The van der Waals surface area contributed by atoms with Gasteiger partial charge in [-0.1, -0.05) is 0 Å². The Morgan fingerprint density at radius 2 is 0.556 bits per heavy atom. The van der Waals surface area contributed by atoms with Gasteiger partial charge in [-0.2, -0.15) is 0 Å². The van der Waals surface area contributed by atoms with Crippen LogP contribution in [0.15, 0.2) is 0 Å². The fourth-order valence-corrected chi connectivity index (χ4v) is 0. The summed E-state index contributed by atoms with van der Waals surface area (Å²) in [6.45, 7) is 0. The second-order valence-corrected chi connectivity index (χ2v) is 1.61. The van der Waals surface area contributed by atoms with Crippen molar-refractivity contribution < 1.29 is 46.4 Å². The molecule has 0 fully saturated rings. The molecule has 9 heteroatoms. The van der Waals surface area contributed by atoms with Crippen molar-refractivity contribution >= 4 is 17.2 Å². The number of hydrogen-bond donors (Lipinski definition) is 6. The second-order valence-electron chi connectivity index (χ2n) is 0.537. The topological polar surface area (TPSA) is 121 Å². The van der Waals surface area contributed by atoms with Crippen LogP contribution < -0.4 is 0 Å². The molecule has 9 heavy (non-hydrogen) atoms. The van der Waals surface area contributed by atoms with Gasteiger partial charge in [0, 0.05) is 17.1 Å². The maximum Gasteiger partial charge on any atom is 0.324 e. The molecule has 0 heterocycles. The van der Waals surface area contributed by atoms with Crippen molar-refractivity contribution in [1.82, 2.24) is 0 Å². The smallest absolute Gasteiger partial charge is 0.324 e. The molecule has 0 aromatic heterocycles. The zero-order chi connectivity index (χ0) is 7.15. The average Bonchev–Trinajstić information content (AvgIpc) is 1.25. The Balaban J connectivity index is -0.0000000720. The van der Waals surface area contributed by atoms with Crippen molar-refractivity contribution in [3.05, 3.63) is 0 Å². The Morgan fingerprint density at radius 1 is 0.556 bits per heavy atom. The van der Waals surface area contributed by atoms with Crippen LogP contribution in [-0.2, 0) is 17.1 Å². The van der Waals surface area contributed by atoms with Gasteiger partial charge in [0.2, 0.25) is 0 Å². The van der Waals surface area contributed by atoms with Crippen LogP contribution in [0.1, 0.15) is 0 Å². The Bertz CT molecular complexity index is 26.5. The summed E-state index contributed by atoms with van der Waals surface area (Å²) in [6, 6.07) is 0. The predicted octanol–water partition coefficient (Wildman–Crippen LogP) is -1.62. The molecule has 0 aromatic carbocycles. The van der Waals surface area contributed by atoms with Gasteiger partial charge in [-0.15, -0.1) is 0 Å². The molecule has 0 unspecified atom stereocenters. The maximum absolute atomic E-state index is 7.23. The van der Waals surface area contributed by atoms with Crippen molar-refractivity contribution in [2.45, 2.75) is 0 Å². The quantitative estimate of drug-likeness (QED) is 0.215. The van der Waals surface area contributed by atoms with Crippen LogP contribution in [0.3, 0.4) is 0 Å². The summed E-state index contributed by atoms with van der Waals surface area (Å²) < 4.78 is 0. The van der Waals surface area contributed by atoms with E-state index in [1.54, 1.807) is 0 Å². The van der Waals surface area contributed by atoms with Gasteiger partial charge < -0.3 is 29.4 Å². The summed E-state index contributed by atoms with van der Waals surface area (Å²) in [7, 11) is -5.24. The first-order valence-corrected chi connectivity index (χ1v) is 3.60. The molecule has 0 saturated heterocycles. The summed E-state index contributed by atoms with van der Waals surface area (Å²) >= 11 is 0. The van der Waals surface area contributed by atoms with E-state index in [1.165, 1.54) is 0 Å². The van der Waals surface area contributed by atoms with E-state index in [-0.39, 0.29) is 17.1 Å². The first-order chi connectivity index (χ1) is 3.46. The Kier molecular flexibility index (Phi) is 21.9. The fourth-order valence-electron chi connectivity index (χ4n) is 0. The van der Waals surface area contributed by atoms with Crippen molar-refractivity contribution in [2.24, 2.45) is 0 Å². The molecule has 0 bridgehead atoms. The second kappa shape index (κ2) is 11.9. The molecule has 0 aromatic rings. The van der Waals surface area contributed by atoms with Crippen molar-refractivity contribution in [2.75, 3.05) is 0 Å². The fraction of sp³-hybridized carbons (Fsp3) is 0. The maximum atomic E-state index is 7.23. The van der Waals surface area contributed by atoms with Crippen LogP contribution in [0.25, 0.3) is 0 Å². The average molecular weight is 219 g/mol. The standard InChI is InChI=1S/Mn.2H3O3P/c;2*1-4(2)3/h;2*1-3H. The van der Waals surface area contributed by atoms with Gasteiger partial charge in [-0.05, 0) is 0 Å². The van der Waals surface area contributed by atoms with Crippen LogP contribution in [0.2, 0.25) is 0 Å². The minimum Gasteiger partial charge on any atom is -0.328 e. The van der Waals surface area contributed by atoms with E-state index in [4.69, 9.17) is 29.4 Å². The van der Waals surface area contributed by atoms with Gasteiger partial charge in [-0.3, -0.25) is 0 Å². The summed E-state index contributed by atoms with van der Waals surface area (Å²) in [5.74, 6) is 0. The molecule has 6 nitrogen and oxygen atoms in total. The number of rotatable bonds is 0. The molecule has 0 atom stereocenters. The van der Waals surface area contributed by atoms with Crippen molar-refractivity contribution in [1.29, 1.82) is 0 Å². The summed E-state index contributed by atoms with van der Waals surface area (Å²) in [5, 5.41) is 0. The molecule has 0 amide bonds. The molecule has 0 aliphatic carbocycles. The minimum absolute atomic E-state index is 0. The normalized spacial score (nSPS) is 8.00. The molecular formula is H6MnO6P2. The van der Waals surface area contributed by atoms with Crippen molar-refractivity contribution in [3.63, 3.8) is 0 Å². The molecule has 0 aliphatic rings. The molecule has 0 spiro atoms. The monoisotopic (exact) mass is 219 g/mol. The third kappa shape index (κ3) is 359. The van der Waals surface area contributed by atoms with E-state index < -0.39 is 17.2 Å². The molecule has 6 N–H and O–H groups in total. The first kappa shape index (κ1) is 16.6. The van der Waals surface area contributed by atoms with Crippen LogP contribution in [0, 0.1) is 0 Å². The van der Waals surface area contributed by atoms with Gasteiger partial charge in [0.15, 0.2) is 0 Å². The van der Waals surface area contributed by atoms with Crippen LogP contribution in [-0.4, -0.2) is 29.4 Å². The van der Waals surface area contributed by atoms with Crippen LogP contribution in [0.4, 0.5) is 0 Å². The first-order valence-electron chi connectivity index (χ1n) is 1.20. The summed E-state index contributed by atoms with van der Waals surface area (Å²) in [6.07, 6.45) is 0. The molecule has 1 radical (unpaired) electrons. The number of hydrogen-bond acceptors (Lipinski definition) is 6. The molecule has 0 aliphatic heterocycles. The molecular weight excluding hydrogens is 213 g/mol. The predicted molar refractivity (Wildman–Crippen MR) is 27.2 cm³/mol. The third-order valence-corrected chi connectivity index (χ3v) is 0. The van der Waals surface area contributed by atoms with E-state index in [9.17, 15) is 0 Å². The summed E-state index contributed by atoms with van der Waals surface area (Å²) in [5.41, 5.74) is 0. The zero-order valence-electron chi connectivity index (χ0n) is 3.96. The van der Waals surface area contributed by atoms with Gasteiger partial charge in [0.05, 0.1) is 0 Å². The molecule has 0 saturated carbocycles. The third-order valence-electron chi connectivity index (χ3n) is 0. The SMILES string of the molecule is OP(O)O.OP(O)O.[Mn]. The van der Waals surface area contributed by atoms with E-state index in [1.807, 2.05) is 0 Å². The Morgan fingerprint density at radius 3 is 0.556 bits per heavy atom. The van der Waals surface area contributed by atoms with Crippen molar-refractivity contribution in [3.8, 4) is 0 Å². The van der Waals surface area contributed by atoms with E-state index in [2.05, 4.69) is 0 Å². The van der Waals surface area contributed by atoms with Gasteiger partial charge >= 0.3 is 17.2 Å². The van der Waals surface area contributed by atoms with Gasteiger partial charge in [0.25, 0.3) is 0 Å². The Labute approximate surface area is 64.3 Å². The largest absolute Gasteiger partial charge is 0.328 e. The van der Waals surface area contributed by atoms with E-state index in [0.29, 0.717) is 0 Å². The Hall–Kier alpha value is 1.14. The summed E-state index contributed by atoms with van der Waals surface area (Å²) in [4.78, 5) is 43.4. The zero-order valence-corrected chi connectivity index (χ0v) is 6.92. The van der Waals surface area contributed by atoms with Gasteiger partial charge in [-0.25, -0.2) is 0 Å². The van der Waals surface area contributed by atoms with E-state index in [0.717, 1.165) is 0 Å². The van der Waals surface area contributed by atoms with Crippen LogP contribution in [0.5, 0.6) is 0 Å². The minimum atomic E-state index is -2.62. The van der Waals surface area contributed by atoms with Crippen LogP contribution >= 0.6 is 17.2 Å².